The van der Waals surface area contributed by atoms with Crippen molar-refractivity contribution >= 4 is 0 Å². The summed E-state index contributed by atoms with van der Waals surface area (Å²) in [6.07, 6.45) is 5.51. The highest BCUT2D eigenvalue weighted by molar-refractivity contribution is 4.89. The fourth-order valence-corrected chi connectivity index (χ4v) is 3.49. The number of ether oxygens (including phenoxy) is 2. The molecule has 4 unspecified atom stereocenters. The van der Waals surface area contributed by atoms with Crippen molar-refractivity contribution in [2.75, 3.05) is 34.0 Å². The number of nitrogens with zero attached hydrogens (tertiary/aromatic N) is 1. The second-order valence-corrected chi connectivity index (χ2v) is 6.14. The van der Waals surface area contributed by atoms with Gasteiger partial charge in [0.1, 0.15) is 0 Å². The van der Waals surface area contributed by atoms with Crippen molar-refractivity contribution in [1.82, 2.24) is 4.90 Å². The van der Waals surface area contributed by atoms with E-state index in [4.69, 9.17) is 9.47 Å². The van der Waals surface area contributed by atoms with E-state index in [9.17, 15) is 5.11 Å². The molecule has 0 aromatic heterocycles. The van der Waals surface area contributed by atoms with Crippen molar-refractivity contribution in [3.05, 3.63) is 0 Å². The molecular formula is C16H33NO3. The lowest BCUT2D eigenvalue weighted by molar-refractivity contribution is -0.0371. The van der Waals surface area contributed by atoms with E-state index >= 15 is 0 Å². The number of aliphatic hydroxyl groups is 1. The number of hydrogen-bond acceptors (Lipinski definition) is 4. The fourth-order valence-electron chi connectivity index (χ4n) is 3.49. The molecule has 0 aromatic rings. The molecule has 1 fully saturated rings. The summed E-state index contributed by atoms with van der Waals surface area (Å²) in [4.78, 5) is 2.39. The van der Waals surface area contributed by atoms with Crippen LogP contribution in [-0.2, 0) is 9.47 Å². The maximum atomic E-state index is 10.4. The van der Waals surface area contributed by atoms with Gasteiger partial charge in [-0.15, -0.1) is 0 Å². The van der Waals surface area contributed by atoms with Gasteiger partial charge in [-0.05, 0) is 32.1 Å². The van der Waals surface area contributed by atoms with Gasteiger partial charge in [-0.3, -0.25) is 4.90 Å². The Labute approximate surface area is 124 Å². The molecule has 0 aromatic carbocycles. The molecule has 0 aliphatic heterocycles. The molecule has 0 amide bonds. The van der Waals surface area contributed by atoms with E-state index < -0.39 is 0 Å². The molecule has 1 aliphatic carbocycles. The van der Waals surface area contributed by atoms with Gasteiger partial charge in [-0.2, -0.15) is 0 Å². The Morgan fingerprint density at radius 2 is 2.00 bits per heavy atom. The first-order valence-corrected chi connectivity index (χ1v) is 8.05. The van der Waals surface area contributed by atoms with Crippen molar-refractivity contribution in [3.8, 4) is 0 Å². The topological polar surface area (TPSA) is 41.9 Å². The highest BCUT2D eigenvalue weighted by Gasteiger charge is 2.34. The standard InChI is InChI=1S/C16H33NO3/c1-5-6-14-7-8-16(18)15(11-14)17(9-10-19-3)13(2)12-20-4/h13-16,18H,5-12H2,1-4H3. The van der Waals surface area contributed by atoms with E-state index in [-0.39, 0.29) is 12.1 Å². The molecule has 1 rings (SSSR count). The van der Waals surface area contributed by atoms with E-state index in [0.717, 1.165) is 25.3 Å². The van der Waals surface area contributed by atoms with Crippen LogP contribution in [0.15, 0.2) is 0 Å². The van der Waals surface area contributed by atoms with Crippen LogP contribution in [0.3, 0.4) is 0 Å². The van der Waals surface area contributed by atoms with Gasteiger partial charge < -0.3 is 14.6 Å². The molecule has 1 aliphatic rings. The smallest absolute Gasteiger partial charge is 0.0695 e. The number of methoxy groups -OCH3 is 2. The Morgan fingerprint density at radius 1 is 1.25 bits per heavy atom. The van der Waals surface area contributed by atoms with Crippen molar-refractivity contribution in [2.24, 2.45) is 5.92 Å². The summed E-state index contributed by atoms with van der Waals surface area (Å²) in [5, 5.41) is 10.4. The first kappa shape index (κ1) is 17.9. The molecule has 4 atom stereocenters. The predicted molar refractivity (Wildman–Crippen MR) is 82.0 cm³/mol. The highest BCUT2D eigenvalue weighted by atomic mass is 16.5. The molecule has 120 valence electrons. The molecule has 4 nitrogen and oxygen atoms in total. The normalized spacial score (nSPS) is 28.8. The first-order chi connectivity index (χ1) is 9.63. The van der Waals surface area contributed by atoms with Gasteiger partial charge in [0.25, 0.3) is 0 Å². The quantitative estimate of drug-likeness (QED) is 0.706. The third-order valence-electron chi connectivity index (χ3n) is 4.54. The van der Waals surface area contributed by atoms with Crippen LogP contribution in [0.4, 0.5) is 0 Å². The second-order valence-electron chi connectivity index (χ2n) is 6.14. The summed E-state index contributed by atoms with van der Waals surface area (Å²) < 4.78 is 10.5. The van der Waals surface area contributed by atoms with Gasteiger partial charge in [0.15, 0.2) is 0 Å². The zero-order valence-electron chi connectivity index (χ0n) is 13.7. The lowest BCUT2D eigenvalue weighted by Gasteiger charge is -2.43. The van der Waals surface area contributed by atoms with E-state index in [1.807, 2.05) is 0 Å². The van der Waals surface area contributed by atoms with Gasteiger partial charge >= 0.3 is 0 Å². The highest BCUT2D eigenvalue weighted by Crippen LogP contribution is 2.31. The molecule has 0 heterocycles. The maximum absolute atomic E-state index is 10.4. The molecule has 1 N–H and O–H groups in total. The second kappa shape index (κ2) is 9.72. The molecule has 20 heavy (non-hydrogen) atoms. The van der Waals surface area contributed by atoms with Crippen LogP contribution >= 0.6 is 0 Å². The van der Waals surface area contributed by atoms with Gasteiger partial charge in [0, 0.05) is 32.8 Å². The maximum Gasteiger partial charge on any atom is 0.0695 e. The van der Waals surface area contributed by atoms with Crippen LogP contribution in [0.25, 0.3) is 0 Å². The van der Waals surface area contributed by atoms with Crippen LogP contribution in [0.1, 0.15) is 46.0 Å². The van der Waals surface area contributed by atoms with Gasteiger partial charge in [0.2, 0.25) is 0 Å². The monoisotopic (exact) mass is 287 g/mol. The van der Waals surface area contributed by atoms with Crippen LogP contribution in [0, 0.1) is 5.92 Å². The minimum absolute atomic E-state index is 0.209. The van der Waals surface area contributed by atoms with Gasteiger partial charge in [-0.25, -0.2) is 0 Å². The number of rotatable bonds is 9. The Bertz CT molecular complexity index is 250. The minimum Gasteiger partial charge on any atom is -0.391 e. The van der Waals surface area contributed by atoms with Gasteiger partial charge in [0.05, 0.1) is 19.3 Å². The predicted octanol–water partition coefficient (Wildman–Crippen LogP) is 2.30. The largest absolute Gasteiger partial charge is 0.391 e. The number of hydrogen-bond donors (Lipinski definition) is 1. The summed E-state index contributed by atoms with van der Waals surface area (Å²) in [6, 6.07) is 0.566. The zero-order chi connectivity index (χ0) is 15.0. The van der Waals surface area contributed by atoms with Crippen LogP contribution < -0.4 is 0 Å². The van der Waals surface area contributed by atoms with E-state index in [2.05, 4.69) is 18.7 Å². The minimum atomic E-state index is -0.209. The Kier molecular flexibility index (Phi) is 8.69. The summed E-state index contributed by atoms with van der Waals surface area (Å²) >= 11 is 0. The summed E-state index contributed by atoms with van der Waals surface area (Å²) in [6.45, 7) is 6.69. The third-order valence-corrected chi connectivity index (χ3v) is 4.54. The third kappa shape index (κ3) is 5.32. The van der Waals surface area contributed by atoms with Crippen molar-refractivity contribution in [3.63, 3.8) is 0 Å². The van der Waals surface area contributed by atoms with E-state index in [0.29, 0.717) is 19.3 Å². The molecule has 0 saturated heterocycles. The molecular weight excluding hydrogens is 254 g/mol. The lowest BCUT2D eigenvalue weighted by atomic mass is 9.80. The Morgan fingerprint density at radius 3 is 2.60 bits per heavy atom. The SMILES string of the molecule is CCCC1CCC(O)C(N(CCOC)C(C)COC)C1. The fraction of sp³-hybridized carbons (Fsp3) is 1.00. The van der Waals surface area contributed by atoms with Crippen molar-refractivity contribution in [2.45, 2.75) is 64.1 Å². The zero-order valence-corrected chi connectivity index (χ0v) is 13.7. The first-order valence-electron chi connectivity index (χ1n) is 8.05. The Hall–Kier alpha value is -0.160. The van der Waals surface area contributed by atoms with Crippen LogP contribution in [0.2, 0.25) is 0 Å². The summed E-state index contributed by atoms with van der Waals surface area (Å²) in [5.41, 5.74) is 0. The van der Waals surface area contributed by atoms with E-state index in [1.54, 1.807) is 14.2 Å². The lowest BCUT2D eigenvalue weighted by Crippen LogP contribution is -2.53. The average molecular weight is 287 g/mol. The average Bonchev–Trinajstić information content (AvgIpc) is 2.43. The molecule has 0 spiro atoms. The van der Waals surface area contributed by atoms with E-state index in [1.165, 1.54) is 19.3 Å². The molecule has 1 saturated carbocycles. The van der Waals surface area contributed by atoms with Crippen LogP contribution in [0.5, 0.6) is 0 Å². The Balaban J connectivity index is 2.69. The number of aliphatic hydroxyl groups excluding tert-OH is 1. The van der Waals surface area contributed by atoms with Crippen molar-refractivity contribution < 1.29 is 14.6 Å². The van der Waals surface area contributed by atoms with Crippen molar-refractivity contribution in [1.29, 1.82) is 0 Å². The van der Waals surface area contributed by atoms with Crippen LogP contribution in [-0.4, -0.2) is 62.2 Å². The van der Waals surface area contributed by atoms with Gasteiger partial charge in [-0.1, -0.05) is 19.8 Å². The summed E-state index contributed by atoms with van der Waals surface area (Å²) in [5.74, 6) is 0.758. The molecule has 4 heteroatoms. The molecule has 0 bridgehead atoms. The molecule has 0 radical (unpaired) electrons. The summed E-state index contributed by atoms with van der Waals surface area (Å²) in [7, 11) is 3.47.